The molecule has 1 saturated heterocycles. The summed E-state index contributed by atoms with van der Waals surface area (Å²) >= 11 is 0. The van der Waals surface area contributed by atoms with Crippen LogP contribution in [0.3, 0.4) is 0 Å². The van der Waals surface area contributed by atoms with Gasteiger partial charge in [-0.05, 0) is 32.9 Å². The first-order valence-corrected chi connectivity index (χ1v) is 13.2. The minimum absolute atomic E-state index is 0.0178. The zero-order valence-electron chi connectivity index (χ0n) is 20.8. The van der Waals surface area contributed by atoms with Crippen molar-refractivity contribution >= 4 is 24.9 Å². The van der Waals surface area contributed by atoms with Gasteiger partial charge in [0.15, 0.2) is 22.4 Å². The van der Waals surface area contributed by atoms with Crippen LogP contribution in [0.15, 0.2) is 43.0 Å². The maximum absolute atomic E-state index is 13.6. The van der Waals surface area contributed by atoms with E-state index in [0.29, 0.717) is 4.73 Å². The molecule has 3 aromatic rings. The van der Waals surface area contributed by atoms with E-state index in [9.17, 15) is 24.8 Å². The standard InChI is InChI=1S/C22H29N6O9P/c1-13(2)36-21(30)14(3)26-38(33,37-15-7-5-4-6-8-15)35-9-16-18(29)22(31,10-34-16)27-11-24-17-19(23)28(32)12-25-20(17)27/h4-8,11-14,16,18,23,29,31-32H,9-10H2,1-3H3,(H,26,33). The van der Waals surface area contributed by atoms with E-state index in [2.05, 4.69) is 15.1 Å². The molecule has 38 heavy (non-hydrogen) atoms. The zero-order chi connectivity index (χ0) is 27.7. The lowest BCUT2D eigenvalue weighted by atomic mass is 10.1. The Bertz CT molecular complexity index is 1400. The fraction of sp³-hybridized carbons (Fsp3) is 0.455. The van der Waals surface area contributed by atoms with Crippen molar-refractivity contribution in [3.8, 4) is 5.75 Å². The van der Waals surface area contributed by atoms with E-state index in [-0.39, 0.29) is 22.4 Å². The van der Waals surface area contributed by atoms with Crippen molar-refractivity contribution in [2.24, 2.45) is 0 Å². The number of aliphatic hydroxyl groups is 2. The molecule has 206 valence electrons. The number of rotatable bonds is 10. The second-order valence-corrected chi connectivity index (χ2v) is 10.6. The fourth-order valence-electron chi connectivity index (χ4n) is 3.75. The number of aromatic nitrogens is 4. The Balaban J connectivity index is 1.52. The Hall–Kier alpha value is -3.33. The quantitative estimate of drug-likeness (QED) is 0.132. The fourth-order valence-corrected chi connectivity index (χ4v) is 5.25. The van der Waals surface area contributed by atoms with E-state index in [4.69, 9.17) is 23.9 Å². The van der Waals surface area contributed by atoms with Crippen LogP contribution in [0.5, 0.6) is 5.75 Å². The monoisotopic (exact) mass is 552 g/mol. The average Bonchev–Trinajstić information content (AvgIpc) is 3.43. The molecule has 1 fully saturated rings. The van der Waals surface area contributed by atoms with E-state index in [1.165, 1.54) is 6.92 Å². The number of para-hydroxylation sites is 1. The van der Waals surface area contributed by atoms with Crippen LogP contribution < -0.4 is 15.1 Å². The number of esters is 1. The Morgan fingerprint density at radius 2 is 2.00 bits per heavy atom. The summed E-state index contributed by atoms with van der Waals surface area (Å²) in [5.41, 5.74) is -2.46. The molecular weight excluding hydrogens is 523 g/mol. The predicted molar refractivity (Wildman–Crippen MR) is 129 cm³/mol. The van der Waals surface area contributed by atoms with Gasteiger partial charge in [0.25, 0.3) is 0 Å². The molecule has 0 spiro atoms. The smallest absolute Gasteiger partial charge is 0.459 e. The molecule has 1 aromatic carbocycles. The van der Waals surface area contributed by atoms with Crippen molar-refractivity contribution < 1.29 is 43.3 Å². The topological polar surface area (TPSA) is 203 Å². The summed E-state index contributed by atoms with van der Waals surface area (Å²) < 4.78 is 37.1. The van der Waals surface area contributed by atoms with Crippen molar-refractivity contribution in [3.05, 3.63) is 48.5 Å². The first-order valence-electron chi connectivity index (χ1n) is 11.6. The van der Waals surface area contributed by atoms with Crippen LogP contribution in [-0.4, -0.2) is 78.2 Å². The van der Waals surface area contributed by atoms with Crippen LogP contribution in [0.1, 0.15) is 20.8 Å². The second kappa shape index (κ2) is 10.8. The van der Waals surface area contributed by atoms with Crippen molar-refractivity contribution in [2.75, 3.05) is 13.2 Å². The lowest BCUT2D eigenvalue weighted by Gasteiger charge is -2.28. The van der Waals surface area contributed by atoms with Crippen LogP contribution in [-0.2, 0) is 29.1 Å². The second-order valence-electron chi connectivity index (χ2n) is 8.93. The molecule has 1 aliphatic heterocycles. The van der Waals surface area contributed by atoms with Crippen LogP contribution >= 0.6 is 7.75 Å². The number of nitrogens with one attached hydrogen (secondary N) is 2. The van der Waals surface area contributed by atoms with E-state index >= 15 is 0 Å². The summed E-state index contributed by atoms with van der Waals surface area (Å²) in [4.78, 5) is 20.3. The molecule has 2 aromatic heterocycles. The number of carbonyl (C=O) groups excluding carboxylic acids is 1. The highest BCUT2D eigenvalue weighted by molar-refractivity contribution is 7.52. The predicted octanol–water partition coefficient (Wildman–Crippen LogP) is 0.488. The third-order valence-electron chi connectivity index (χ3n) is 5.67. The highest BCUT2D eigenvalue weighted by Gasteiger charge is 2.51. The highest BCUT2D eigenvalue weighted by Crippen LogP contribution is 2.46. The Morgan fingerprint density at radius 1 is 1.29 bits per heavy atom. The van der Waals surface area contributed by atoms with Gasteiger partial charge in [0.1, 0.15) is 30.3 Å². The Kier molecular flexibility index (Phi) is 7.88. The maximum Gasteiger partial charge on any atom is 0.459 e. The molecule has 5 atom stereocenters. The molecule has 1 aliphatic rings. The molecule has 16 heteroatoms. The third kappa shape index (κ3) is 5.57. The number of benzene rings is 1. The molecule has 5 unspecified atom stereocenters. The number of nitrogens with zero attached hydrogens (tertiary/aromatic N) is 4. The van der Waals surface area contributed by atoms with Crippen LogP contribution in [0.2, 0.25) is 0 Å². The summed E-state index contributed by atoms with van der Waals surface area (Å²) in [7, 11) is -4.24. The lowest BCUT2D eigenvalue weighted by Crippen LogP contribution is -2.47. The molecule has 0 amide bonds. The molecule has 15 nitrogen and oxygen atoms in total. The van der Waals surface area contributed by atoms with Crippen LogP contribution in [0.4, 0.5) is 0 Å². The number of aliphatic hydroxyl groups excluding tert-OH is 1. The highest BCUT2D eigenvalue weighted by atomic mass is 31.2. The van der Waals surface area contributed by atoms with Crippen molar-refractivity contribution in [1.82, 2.24) is 24.4 Å². The van der Waals surface area contributed by atoms with Gasteiger partial charge in [-0.25, -0.2) is 14.5 Å². The summed E-state index contributed by atoms with van der Waals surface area (Å²) in [5.74, 6) is -0.482. The Morgan fingerprint density at radius 3 is 2.68 bits per heavy atom. The molecule has 3 heterocycles. The van der Waals surface area contributed by atoms with Gasteiger partial charge in [-0.1, -0.05) is 18.2 Å². The molecule has 4 rings (SSSR count). The van der Waals surface area contributed by atoms with Gasteiger partial charge in [0.2, 0.25) is 0 Å². The summed E-state index contributed by atoms with van der Waals surface area (Å²) in [5, 5.41) is 42.3. The van der Waals surface area contributed by atoms with E-state index in [1.807, 2.05) is 0 Å². The minimum atomic E-state index is -4.24. The van der Waals surface area contributed by atoms with Crippen molar-refractivity contribution in [2.45, 2.75) is 50.8 Å². The molecule has 0 bridgehead atoms. The summed E-state index contributed by atoms with van der Waals surface area (Å²) in [6, 6.07) is 7.06. The van der Waals surface area contributed by atoms with E-state index < -0.39 is 57.0 Å². The first-order chi connectivity index (χ1) is 17.9. The van der Waals surface area contributed by atoms with Gasteiger partial charge >= 0.3 is 13.7 Å². The summed E-state index contributed by atoms with van der Waals surface area (Å²) in [6.45, 7) is 3.85. The number of hydrogen-bond acceptors (Lipinski definition) is 12. The zero-order valence-corrected chi connectivity index (χ0v) is 21.7. The largest absolute Gasteiger partial charge is 0.462 e. The minimum Gasteiger partial charge on any atom is -0.462 e. The number of imidazole rings is 1. The molecular formula is C22H29N6O9P. The third-order valence-corrected chi connectivity index (χ3v) is 7.32. The molecule has 0 radical (unpaired) electrons. The van der Waals surface area contributed by atoms with Gasteiger partial charge in [-0.15, -0.1) is 0 Å². The molecule has 0 saturated carbocycles. The van der Waals surface area contributed by atoms with E-state index in [1.54, 1.807) is 44.2 Å². The normalized spacial score (nSPS) is 23.8. The number of carbonyl (C=O) groups is 1. The molecule has 5 N–H and O–H groups in total. The average molecular weight is 552 g/mol. The van der Waals surface area contributed by atoms with Gasteiger partial charge < -0.3 is 29.4 Å². The van der Waals surface area contributed by atoms with Crippen molar-refractivity contribution in [1.29, 1.82) is 5.41 Å². The van der Waals surface area contributed by atoms with E-state index in [0.717, 1.165) is 17.2 Å². The van der Waals surface area contributed by atoms with Gasteiger partial charge in [0.05, 0.1) is 25.6 Å². The number of hydrogen-bond donors (Lipinski definition) is 5. The van der Waals surface area contributed by atoms with Gasteiger partial charge in [-0.2, -0.15) is 9.82 Å². The van der Waals surface area contributed by atoms with Gasteiger partial charge in [0, 0.05) is 0 Å². The summed E-state index contributed by atoms with van der Waals surface area (Å²) in [6.07, 6.45) is -1.11. The number of ether oxygens (including phenoxy) is 2. The van der Waals surface area contributed by atoms with Crippen LogP contribution in [0.25, 0.3) is 11.2 Å². The lowest BCUT2D eigenvalue weighted by molar-refractivity contribution is -0.149. The Labute approximate surface area is 216 Å². The van der Waals surface area contributed by atoms with Crippen molar-refractivity contribution in [3.63, 3.8) is 0 Å². The van der Waals surface area contributed by atoms with Crippen LogP contribution in [0, 0.1) is 5.41 Å². The SMILES string of the molecule is CC(C)OC(=O)C(C)NP(=O)(OCC1OCC(O)(n2cnc3c(=N)n(O)cnc32)C1O)Oc1ccccc1. The van der Waals surface area contributed by atoms with Gasteiger partial charge in [-0.3, -0.25) is 19.3 Å². The number of fused-ring (bicyclic) bond motifs is 1. The first kappa shape index (κ1) is 27.7. The maximum atomic E-state index is 13.6. The molecule has 0 aliphatic carbocycles.